The molecule has 6 heteroatoms. The Hall–Kier alpha value is -2.47. The van der Waals surface area contributed by atoms with Crippen molar-refractivity contribution in [2.24, 2.45) is 0 Å². The number of aromatic nitrogens is 1. The van der Waals surface area contributed by atoms with Gasteiger partial charge in [-0.1, -0.05) is 18.2 Å². The number of amides is 2. The van der Waals surface area contributed by atoms with Crippen molar-refractivity contribution in [2.75, 3.05) is 26.3 Å². The Morgan fingerprint density at radius 1 is 1.25 bits per heavy atom. The summed E-state index contributed by atoms with van der Waals surface area (Å²) in [5, 5.41) is 3.60. The fourth-order valence-electron chi connectivity index (χ4n) is 2.89. The first-order valence-electron chi connectivity index (χ1n) is 8.10. The fourth-order valence-corrected chi connectivity index (χ4v) is 2.89. The van der Waals surface area contributed by atoms with Crippen LogP contribution in [0.1, 0.15) is 23.0 Å². The number of carbonyl (C=O) groups is 2. The fraction of sp³-hybridized carbons (Fsp3) is 0.389. The van der Waals surface area contributed by atoms with E-state index in [1.165, 1.54) is 0 Å². The van der Waals surface area contributed by atoms with Gasteiger partial charge >= 0.3 is 0 Å². The molecular formula is C18H21N3O3. The van der Waals surface area contributed by atoms with Crippen molar-refractivity contribution in [1.82, 2.24) is 15.2 Å². The van der Waals surface area contributed by atoms with Crippen molar-refractivity contribution in [1.29, 1.82) is 0 Å². The van der Waals surface area contributed by atoms with E-state index in [-0.39, 0.29) is 11.8 Å². The van der Waals surface area contributed by atoms with E-state index in [4.69, 9.17) is 4.74 Å². The number of ether oxygens (including phenoxy) is 1. The van der Waals surface area contributed by atoms with E-state index < -0.39 is 6.04 Å². The third-order valence-electron chi connectivity index (χ3n) is 4.13. The number of nitrogens with zero attached hydrogens (tertiary/aromatic N) is 2. The van der Waals surface area contributed by atoms with Gasteiger partial charge in [0.15, 0.2) is 0 Å². The molecule has 2 aromatic rings. The van der Waals surface area contributed by atoms with Gasteiger partial charge in [0.2, 0.25) is 5.91 Å². The third-order valence-corrected chi connectivity index (χ3v) is 4.13. The molecule has 1 atom stereocenters. The van der Waals surface area contributed by atoms with Crippen molar-refractivity contribution < 1.29 is 14.3 Å². The number of hydrogen-bond donors (Lipinski definition) is 1. The Balaban J connectivity index is 1.78. The first-order valence-corrected chi connectivity index (χ1v) is 8.10. The van der Waals surface area contributed by atoms with Crippen molar-refractivity contribution in [3.63, 3.8) is 0 Å². The molecule has 0 spiro atoms. The van der Waals surface area contributed by atoms with Crippen LogP contribution in [0, 0.1) is 6.92 Å². The molecular weight excluding hydrogens is 306 g/mol. The molecule has 0 radical (unpaired) electrons. The molecule has 1 aliphatic heterocycles. The van der Waals surface area contributed by atoms with Gasteiger partial charge in [-0.2, -0.15) is 0 Å². The lowest BCUT2D eigenvalue weighted by molar-refractivity contribution is -0.136. The molecule has 1 unspecified atom stereocenters. The number of fused-ring (bicyclic) bond motifs is 1. The summed E-state index contributed by atoms with van der Waals surface area (Å²) in [4.78, 5) is 31.3. The van der Waals surface area contributed by atoms with Crippen LogP contribution in [0.2, 0.25) is 0 Å². The standard InChI is InChI=1S/C18H21N3O3/c1-12-11-15(14-5-3-4-6-16(14)19-12)17(22)20-13(2)18(23)21-7-9-24-10-8-21/h3-6,11,13H,7-10H2,1-2H3,(H,20,22). The topological polar surface area (TPSA) is 71.5 Å². The molecule has 0 bridgehead atoms. The number of benzene rings is 1. The molecule has 1 aliphatic rings. The van der Waals surface area contributed by atoms with Crippen LogP contribution in [0.25, 0.3) is 10.9 Å². The van der Waals surface area contributed by atoms with Gasteiger partial charge < -0.3 is 15.0 Å². The van der Waals surface area contributed by atoms with Gasteiger partial charge in [-0.3, -0.25) is 14.6 Å². The maximum Gasteiger partial charge on any atom is 0.252 e. The molecule has 1 N–H and O–H groups in total. The Bertz CT molecular complexity index is 769. The van der Waals surface area contributed by atoms with Gasteiger partial charge in [0, 0.05) is 24.2 Å². The van der Waals surface area contributed by atoms with Gasteiger partial charge in [-0.15, -0.1) is 0 Å². The Morgan fingerprint density at radius 3 is 2.71 bits per heavy atom. The summed E-state index contributed by atoms with van der Waals surface area (Å²) in [5.74, 6) is -0.340. The van der Waals surface area contributed by atoms with E-state index in [1.807, 2.05) is 31.2 Å². The molecule has 2 amide bonds. The average molecular weight is 327 g/mol. The summed E-state index contributed by atoms with van der Waals surface area (Å²) >= 11 is 0. The van der Waals surface area contributed by atoms with Gasteiger partial charge in [-0.05, 0) is 26.0 Å². The molecule has 6 nitrogen and oxygen atoms in total. The lowest BCUT2D eigenvalue weighted by atomic mass is 10.1. The molecule has 1 saturated heterocycles. The maximum absolute atomic E-state index is 12.7. The zero-order chi connectivity index (χ0) is 17.1. The van der Waals surface area contributed by atoms with Crippen LogP contribution in [0.5, 0.6) is 0 Å². The summed E-state index contributed by atoms with van der Waals surface area (Å²) in [6.07, 6.45) is 0. The van der Waals surface area contributed by atoms with Crippen LogP contribution < -0.4 is 5.32 Å². The molecule has 1 fully saturated rings. The van der Waals surface area contributed by atoms with Crippen LogP contribution in [0.3, 0.4) is 0 Å². The number of nitrogens with one attached hydrogen (secondary N) is 1. The van der Waals surface area contributed by atoms with E-state index >= 15 is 0 Å². The number of morpholine rings is 1. The Morgan fingerprint density at radius 2 is 1.96 bits per heavy atom. The predicted octanol–water partition coefficient (Wildman–Crippen LogP) is 1.52. The largest absolute Gasteiger partial charge is 0.378 e. The van der Waals surface area contributed by atoms with Gasteiger partial charge in [0.05, 0.1) is 24.3 Å². The van der Waals surface area contributed by atoms with Gasteiger partial charge in [-0.25, -0.2) is 0 Å². The number of carbonyl (C=O) groups excluding carboxylic acids is 2. The zero-order valence-corrected chi connectivity index (χ0v) is 13.9. The predicted molar refractivity (Wildman–Crippen MR) is 90.8 cm³/mol. The maximum atomic E-state index is 12.7. The van der Waals surface area contributed by atoms with E-state index in [0.717, 1.165) is 16.6 Å². The van der Waals surface area contributed by atoms with Crippen LogP contribution in [0.4, 0.5) is 0 Å². The summed E-state index contributed by atoms with van der Waals surface area (Å²) < 4.78 is 5.25. The summed E-state index contributed by atoms with van der Waals surface area (Å²) in [5.41, 5.74) is 2.08. The number of aryl methyl sites for hydroxylation is 1. The van der Waals surface area contributed by atoms with Crippen LogP contribution in [0.15, 0.2) is 30.3 Å². The Labute approximate surface area is 140 Å². The highest BCUT2D eigenvalue weighted by Crippen LogP contribution is 2.18. The zero-order valence-electron chi connectivity index (χ0n) is 13.9. The molecule has 3 rings (SSSR count). The molecule has 1 aromatic heterocycles. The van der Waals surface area contributed by atoms with E-state index in [0.29, 0.717) is 31.9 Å². The van der Waals surface area contributed by atoms with E-state index in [2.05, 4.69) is 10.3 Å². The smallest absolute Gasteiger partial charge is 0.252 e. The van der Waals surface area contributed by atoms with Crippen molar-refractivity contribution in [2.45, 2.75) is 19.9 Å². The molecule has 24 heavy (non-hydrogen) atoms. The molecule has 2 heterocycles. The molecule has 1 aromatic carbocycles. The summed E-state index contributed by atoms with van der Waals surface area (Å²) in [6, 6.07) is 8.68. The normalized spacial score (nSPS) is 16.0. The van der Waals surface area contributed by atoms with Gasteiger partial charge in [0.1, 0.15) is 6.04 Å². The molecule has 0 saturated carbocycles. The lowest BCUT2D eigenvalue weighted by Gasteiger charge is -2.29. The minimum Gasteiger partial charge on any atom is -0.378 e. The summed E-state index contributed by atoms with van der Waals surface area (Å²) in [7, 11) is 0. The minimum absolute atomic E-state index is 0.0817. The highest BCUT2D eigenvalue weighted by molar-refractivity contribution is 6.07. The number of para-hydroxylation sites is 1. The lowest BCUT2D eigenvalue weighted by Crippen LogP contribution is -2.50. The van der Waals surface area contributed by atoms with Crippen molar-refractivity contribution in [3.8, 4) is 0 Å². The van der Waals surface area contributed by atoms with Gasteiger partial charge in [0.25, 0.3) is 5.91 Å². The van der Waals surface area contributed by atoms with Crippen LogP contribution in [-0.4, -0.2) is 54.0 Å². The highest BCUT2D eigenvalue weighted by atomic mass is 16.5. The number of hydrogen-bond acceptors (Lipinski definition) is 4. The quantitative estimate of drug-likeness (QED) is 0.928. The van der Waals surface area contributed by atoms with Crippen LogP contribution >= 0.6 is 0 Å². The minimum atomic E-state index is -0.581. The van der Waals surface area contributed by atoms with Crippen LogP contribution in [-0.2, 0) is 9.53 Å². The second-order valence-corrected chi connectivity index (χ2v) is 5.96. The number of rotatable bonds is 3. The summed E-state index contributed by atoms with van der Waals surface area (Å²) in [6.45, 7) is 5.78. The SMILES string of the molecule is Cc1cc(C(=O)NC(C)C(=O)N2CCOCC2)c2ccccc2n1. The van der Waals surface area contributed by atoms with E-state index in [9.17, 15) is 9.59 Å². The molecule has 0 aliphatic carbocycles. The Kier molecular flexibility index (Phi) is 4.76. The first kappa shape index (κ1) is 16.4. The number of pyridine rings is 1. The molecule has 126 valence electrons. The highest BCUT2D eigenvalue weighted by Gasteiger charge is 2.24. The van der Waals surface area contributed by atoms with Crippen molar-refractivity contribution in [3.05, 3.63) is 41.6 Å². The second-order valence-electron chi connectivity index (χ2n) is 5.96. The van der Waals surface area contributed by atoms with Crippen molar-refractivity contribution >= 4 is 22.7 Å². The average Bonchev–Trinajstić information content (AvgIpc) is 2.60. The first-order chi connectivity index (χ1) is 11.6. The van der Waals surface area contributed by atoms with E-state index in [1.54, 1.807) is 17.9 Å². The second kappa shape index (κ2) is 6.97. The third kappa shape index (κ3) is 3.38. The monoisotopic (exact) mass is 327 g/mol.